The van der Waals surface area contributed by atoms with Crippen LogP contribution in [0.25, 0.3) is 0 Å². The Morgan fingerprint density at radius 2 is 1.74 bits per heavy atom. The molecule has 0 spiro atoms. The first-order valence-corrected chi connectivity index (χ1v) is 13.7. The van der Waals surface area contributed by atoms with E-state index in [0.29, 0.717) is 6.42 Å². The first-order chi connectivity index (χ1) is 18.1. The molecule has 5 heteroatoms. The van der Waals surface area contributed by atoms with Crippen molar-refractivity contribution in [2.24, 2.45) is 5.84 Å². The van der Waals surface area contributed by atoms with Crippen molar-refractivity contribution >= 4 is 23.0 Å². The van der Waals surface area contributed by atoms with Gasteiger partial charge in [0.1, 0.15) is 6.54 Å². The van der Waals surface area contributed by atoms with Gasteiger partial charge in [-0.1, -0.05) is 68.0 Å². The number of hydrogen-bond donors (Lipinski definition) is 2. The van der Waals surface area contributed by atoms with E-state index in [9.17, 15) is 4.79 Å². The minimum absolute atomic E-state index is 0.0321. The van der Waals surface area contributed by atoms with Crippen molar-refractivity contribution in [2.75, 3.05) is 18.5 Å². The van der Waals surface area contributed by atoms with E-state index in [1.807, 2.05) is 0 Å². The number of para-hydroxylation sites is 1. The summed E-state index contributed by atoms with van der Waals surface area (Å²) < 4.78 is 2.45. The lowest BCUT2D eigenvalue weighted by Crippen LogP contribution is -2.29. The molecule has 0 unspecified atom stereocenters. The van der Waals surface area contributed by atoms with Gasteiger partial charge >= 0.3 is 0 Å². The molecule has 2 aliphatic rings. The summed E-state index contributed by atoms with van der Waals surface area (Å²) in [6, 6.07) is 15.4. The number of carbonyl (C=O) groups excluding carboxylic acids is 1. The molecule has 2 aliphatic heterocycles. The van der Waals surface area contributed by atoms with E-state index < -0.39 is 0 Å². The van der Waals surface area contributed by atoms with Crippen LogP contribution in [0, 0.1) is 6.92 Å². The monoisotopic (exact) mass is 511 g/mol. The first kappa shape index (κ1) is 27.6. The third-order valence-electron chi connectivity index (χ3n) is 8.16. The molecule has 2 heterocycles. The number of allylic oxidation sites excluding steroid dienone is 6. The lowest BCUT2D eigenvalue weighted by Gasteiger charge is -2.23. The highest BCUT2D eigenvalue weighted by molar-refractivity contribution is 6.03. The molecular formula is C33H43N4O+. The van der Waals surface area contributed by atoms with Gasteiger partial charge in [0.15, 0.2) is 5.71 Å². The lowest BCUT2D eigenvalue weighted by molar-refractivity contribution is -0.438. The van der Waals surface area contributed by atoms with Crippen LogP contribution in [0.2, 0.25) is 0 Å². The maximum Gasteiger partial charge on any atom is 0.233 e. The van der Waals surface area contributed by atoms with Crippen LogP contribution in [0.3, 0.4) is 0 Å². The van der Waals surface area contributed by atoms with Gasteiger partial charge in [-0.3, -0.25) is 10.2 Å². The minimum Gasteiger partial charge on any atom is -0.347 e. The average molecular weight is 512 g/mol. The van der Waals surface area contributed by atoms with Gasteiger partial charge in [-0.05, 0) is 51.3 Å². The Balaban J connectivity index is 1.52. The molecule has 5 nitrogen and oxygen atoms in total. The summed E-state index contributed by atoms with van der Waals surface area (Å²) in [5.74, 6) is 5.11. The first-order valence-electron chi connectivity index (χ1n) is 13.7. The van der Waals surface area contributed by atoms with Gasteiger partial charge in [-0.2, -0.15) is 4.58 Å². The molecule has 0 saturated carbocycles. The molecule has 0 saturated heterocycles. The number of fused-ring (bicyclic) bond motifs is 2. The van der Waals surface area contributed by atoms with Gasteiger partial charge in [0.2, 0.25) is 11.6 Å². The quantitative estimate of drug-likeness (QED) is 0.103. The molecule has 38 heavy (non-hydrogen) atoms. The summed E-state index contributed by atoms with van der Waals surface area (Å²) in [6.07, 6.45) is 14.3. The molecule has 2 aromatic rings. The predicted molar refractivity (Wildman–Crippen MR) is 159 cm³/mol. The third kappa shape index (κ3) is 5.25. The van der Waals surface area contributed by atoms with Gasteiger partial charge in [0.05, 0.1) is 5.41 Å². The Kier molecular flexibility index (Phi) is 8.08. The zero-order chi connectivity index (χ0) is 27.5. The molecule has 3 N–H and O–H groups in total. The van der Waals surface area contributed by atoms with Crippen LogP contribution in [0.4, 0.5) is 11.4 Å². The Morgan fingerprint density at radius 3 is 2.50 bits per heavy atom. The van der Waals surface area contributed by atoms with Gasteiger partial charge in [-0.25, -0.2) is 5.84 Å². The van der Waals surface area contributed by atoms with Crippen LogP contribution in [-0.4, -0.2) is 29.8 Å². The van der Waals surface area contributed by atoms with Crippen molar-refractivity contribution < 1.29 is 9.37 Å². The summed E-state index contributed by atoms with van der Waals surface area (Å²) in [6.45, 7) is 12.3. The number of nitrogens with zero attached hydrogens (tertiary/aromatic N) is 2. The number of likely N-dealkylation sites (N-methyl/N-ethyl adjacent to an activating group) is 1. The molecule has 4 rings (SSSR count). The van der Waals surface area contributed by atoms with Gasteiger partial charge in [0.25, 0.3) is 0 Å². The highest BCUT2D eigenvalue weighted by Gasteiger charge is 2.43. The zero-order valence-electron chi connectivity index (χ0n) is 23.8. The van der Waals surface area contributed by atoms with E-state index >= 15 is 0 Å². The smallest absolute Gasteiger partial charge is 0.233 e. The highest BCUT2D eigenvalue weighted by Crippen LogP contribution is 2.47. The maximum absolute atomic E-state index is 11.4. The fourth-order valence-electron chi connectivity index (χ4n) is 5.99. The fraction of sp³-hybridized carbons (Fsp3) is 0.394. The van der Waals surface area contributed by atoms with Crippen molar-refractivity contribution in [1.82, 2.24) is 5.43 Å². The van der Waals surface area contributed by atoms with E-state index in [1.165, 1.54) is 39.5 Å². The van der Waals surface area contributed by atoms with Gasteiger partial charge in [-0.15, -0.1) is 0 Å². The average Bonchev–Trinajstić information content (AvgIpc) is 3.21. The number of unbranched alkanes of at least 4 members (excludes halogenated alkanes) is 2. The summed E-state index contributed by atoms with van der Waals surface area (Å²) in [7, 11) is 2.16. The molecule has 200 valence electrons. The van der Waals surface area contributed by atoms with E-state index in [1.54, 1.807) is 0 Å². The van der Waals surface area contributed by atoms with E-state index in [4.69, 9.17) is 5.84 Å². The molecule has 0 aromatic heterocycles. The van der Waals surface area contributed by atoms with Crippen LogP contribution in [0.5, 0.6) is 0 Å². The van der Waals surface area contributed by atoms with Crippen LogP contribution >= 0.6 is 0 Å². The van der Waals surface area contributed by atoms with Crippen molar-refractivity contribution in [3.05, 3.63) is 95.2 Å². The zero-order valence-corrected chi connectivity index (χ0v) is 23.8. The summed E-state index contributed by atoms with van der Waals surface area (Å²) in [4.78, 5) is 13.8. The molecule has 0 aliphatic carbocycles. The molecule has 0 bridgehead atoms. The number of rotatable bonds is 9. The number of hydrazine groups is 1. The number of amides is 1. The van der Waals surface area contributed by atoms with E-state index in [0.717, 1.165) is 25.8 Å². The van der Waals surface area contributed by atoms with Crippen molar-refractivity contribution in [2.45, 2.75) is 71.1 Å². The second-order valence-corrected chi connectivity index (χ2v) is 11.6. The number of nitrogens with one attached hydrogen (secondary N) is 1. The van der Waals surface area contributed by atoms with Crippen LogP contribution in [0.15, 0.2) is 78.5 Å². The number of aryl methyl sites for hydroxylation is 1. The molecule has 0 atom stereocenters. The lowest BCUT2D eigenvalue weighted by atomic mass is 9.81. The van der Waals surface area contributed by atoms with Crippen LogP contribution in [-0.2, 0) is 15.6 Å². The van der Waals surface area contributed by atoms with Gasteiger partial charge < -0.3 is 4.90 Å². The topological polar surface area (TPSA) is 61.4 Å². The highest BCUT2D eigenvalue weighted by atomic mass is 16.2. The summed E-state index contributed by atoms with van der Waals surface area (Å²) >= 11 is 0. The number of benzene rings is 2. The number of nitrogens with two attached hydrogens (primary N) is 1. The number of hydrogen-bond acceptors (Lipinski definition) is 3. The predicted octanol–water partition coefficient (Wildman–Crippen LogP) is 6.35. The Morgan fingerprint density at radius 1 is 0.974 bits per heavy atom. The Labute approximate surface area is 228 Å². The van der Waals surface area contributed by atoms with E-state index in [2.05, 4.69) is 129 Å². The van der Waals surface area contributed by atoms with Crippen LogP contribution < -0.4 is 16.2 Å². The van der Waals surface area contributed by atoms with Gasteiger partial charge in [0, 0.05) is 54.4 Å². The molecule has 1 amide bonds. The van der Waals surface area contributed by atoms with Crippen molar-refractivity contribution in [3.63, 3.8) is 0 Å². The largest absolute Gasteiger partial charge is 0.347 e. The molecule has 0 radical (unpaired) electrons. The standard InChI is InChI=1S/C33H42N4O/c1-24-20-21-27-26(23-24)33(4,5)29(36(27)6)17-9-7-10-18-30-32(2,3)25-15-12-13-16-28(25)37(30)22-14-8-11-19-31(38)35-34/h7,9-10,12-13,15-18,20-21,23H,8,11,14,19,22,34H2,1-6H3/p+1. The second-order valence-electron chi connectivity index (χ2n) is 11.6. The third-order valence-corrected chi connectivity index (χ3v) is 8.16. The van der Waals surface area contributed by atoms with Crippen LogP contribution in [0.1, 0.15) is 70.1 Å². The fourth-order valence-corrected chi connectivity index (χ4v) is 5.99. The molecule has 2 aromatic carbocycles. The Hall–Kier alpha value is -3.44. The molecule has 0 fully saturated rings. The van der Waals surface area contributed by atoms with Crippen molar-refractivity contribution in [1.29, 1.82) is 0 Å². The number of carbonyl (C=O) groups is 1. The summed E-state index contributed by atoms with van der Waals surface area (Å²) in [5, 5.41) is 0. The van der Waals surface area contributed by atoms with E-state index in [-0.39, 0.29) is 16.7 Å². The number of anilines is 1. The summed E-state index contributed by atoms with van der Waals surface area (Å²) in [5.41, 5.74) is 11.3. The molecular weight excluding hydrogens is 468 g/mol. The maximum atomic E-state index is 11.4. The SMILES string of the molecule is Cc1ccc2c(c1)C(C)(C)\C(=C/C=C/C=C/C1=[N+](CCCCCC(=O)NN)c3ccccc3C1(C)C)N2C. The Bertz CT molecular complexity index is 1330. The van der Waals surface area contributed by atoms with Crippen molar-refractivity contribution in [3.8, 4) is 0 Å². The minimum atomic E-state index is -0.0965. The second kappa shape index (κ2) is 11.1. The normalized spacial score (nSPS) is 18.6.